The topological polar surface area (TPSA) is 212 Å². The van der Waals surface area contributed by atoms with Crippen LogP contribution in [0, 0.1) is 19.8 Å². The van der Waals surface area contributed by atoms with Crippen molar-refractivity contribution in [1.29, 1.82) is 0 Å². The normalized spacial score (nSPS) is 18.7. The molecule has 1 amide bonds. The SMILES string of the molecule is CCC[C@H](N[C@@H](C)C(=O)N1[C@H](C(=O)OCc2ccccc2)C[C@@H]2CCCC[C@@H]21)C(=O)OCC.Cc1ccc(C(=O)O[C@H](C(=O)O)[C@H](OC(=O)c2ccc(C)cc2)C(=O)O)cc1. The molecule has 1 aliphatic carbocycles. The fourth-order valence-corrected chi connectivity index (χ4v) is 7.44. The van der Waals surface area contributed by atoms with Crippen LogP contribution in [0.5, 0.6) is 0 Å². The van der Waals surface area contributed by atoms with E-state index >= 15 is 0 Å². The van der Waals surface area contributed by atoms with Gasteiger partial charge in [-0.05, 0) is 89.1 Å². The van der Waals surface area contributed by atoms with Crippen molar-refractivity contribution in [2.24, 2.45) is 5.92 Å². The number of aliphatic carboxylic acids is 2. The Morgan fingerprint density at radius 3 is 1.75 bits per heavy atom. The van der Waals surface area contributed by atoms with Gasteiger partial charge in [0, 0.05) is 6.04 Å². The standard InChI is InChI=1S/C26H38N2O5.C20H18O8/c1-4-11-21(25(30)32-5-2)27-18(3)24(29)28-22-15-10-9-14-20(22)16-23(28)26(31)33-17-19-12-7-6-8-13-19;1-11-3-7-13(8-4-11)19(25)27-15(17(21)22)16(18(23)24)28-20(26)14-9-5-12(2)6-10-14/h6-8,12-13,18,20-23,27H,4-5,9-11,14-17H2,1-3H3;3-10,15-16H,1-2H3,(H,21,22)(H,23,24)/t18-,20-,21-,22-,23-;15-,16-/m00/s1. The lowest BCUT2D eigenvalue weighted by Crippen LogP contribution is -2.55. The van der Waals surface area contributed by atoms with Crippen LogP contribution in [0.25, 0.3) is 0 Å². The van der Waals surface area contributed by atoms with Gasteiger partial charge in [0.25, 0.3) is 0 Å². The third-order valence-electron chi connectivity index (χ3n) is 10.6. The second-order valence-electron chi connectivity index (χ2n) is 15.2. The summed E-state index contributed by atoms with van der Waals surface area (Å²) in [6.07, 6.45) is 1.70. The number of likely N-dealkylation sites (tertiary alicyclic amines) is 1. The van der Waals surface area contributed by atoms with Crippen LogP contribution in [-0.2, 0) is 49.5 Å². The number of nitrogens with one attached hydrogen (secondary N) is 1. The molecule has 1 aliphatic heterocycles. The van der Waals surface area contributed by atoms with Crippen molar-refractivity contribution in [3.05, 3.63) is 107 Å². The minimum absolute atomic E-state index is 0.0332. The highest BCUT2D eigenvalue weighted by Gasteiger charge is 2.49. The number of carbonyl (C=O) groups is 7. The molecule has 0 bridgehead atoms. The number of aryl methyl sites for hydroxylation is 2. The zero-order valence-electron chi connectivity index (χ0n) is 35.2. The van der Waals surface area contributed by atoms with Crippen LogP contribution in [0.15, 0.2) is 78.9 Å². The van der Waals surface area contributed by atoms with Gasteiger partial charge in [0.2, 0.25) is 18.1 Å². The number of ether oxygens (including phenoxy) is 4. The van der Waals surface area contributed by atoms with Gasteiger partial charge in [-0.15, -0.1) is 0 Å². The smallest absolute Gasteiger partial charge is 0.349 e. The first-order valence-electron chi connectivity index (χ1n) is 20.6. The van der Waals surface area contributed by atoms with Gasteiger partial charge in [0.05, 0.1) is 23.8 Å². The highest BCUT2D eigenvalue weighted by Crippen LogP contribution is 2.40. The second kappa shape index (κ2) is 23.1. The molecule has 328 valence electrons. The maximum atomic E-state index is 13.6. The summed E-state index contributed by atoms with van der Waals surface area (Å²) in [4.78, 5) is 88.2. The monoisotopic (exact) mass is 844 g/mol. The van der Waals surface area contributed by atoms with Crippen molar-refractivity contribution in [2.45, 2.75) is 123 Å². The van der Waals surface area contributed by atoms with E-state index in [1.54, 1.807) is 56.9 Å². The van der Waals surface area contributed by atoms with E-state index in [1.165, 1.54) is 24.3 Å². The number of carboxylic acid groups (broad SMARTS) is 2. The van der Waals surface area contributed by atoms with E-state index in [0.29, 0.717) is 25.4 Å². The lowest BCUT2D eigenvalue weighted by molar-refractivity contribution is -0.166. The van der Waals surface area contributed by atoms with Crippen LogP contribution in [0.1, 0.15) is 103 Å². The molecule has 0 radical (unpaired) electrons. The molecule has 2 aliphatic rings. The average Bonchev–Trinajstić information content (AvgIpc) is 3.64. The number of hydrogen-bond donors (Lipinski definition) is 3. The van der Waals surface area contributed by atoms with Gasteiger partial charge < -0.3 is 34.1 Å². The van der Waals surface area contributed by atoms with E-state index in [0.717, 1.165) is 48.8 Å². The number of benzene rings is 3. The molecule has 1 saturated carbocycles. The van der Waals surface area contributed by atoms with Gasteiger partial charge in [0.15, 0.2) is 0 Å². The quantitative estimate of drug-likeness (QED) is 0.108. The average molecular weight is 845 g/mol. The molecule has 15 heteroatoms. The summed E-state index contributed by atoms with van der Waals surface area (Å²) < 4.78 is 20.5. The molecule has 0 unspecified atom stereocenters. The summed E-state index contributed by atoms with van der Waals surface area (Å²) in [6, 6.07) is 20.0. The van der Waals surface area contributed by atoms with Crippen molar-refractivity contribution < 1.29 is 62.7 Å². The lowest BCUT2D eigenvalue weighted by Gasteiger charge is -2.35. The first kappa shape index (κ1) is 47.6. The predicted molar refractivity (Wildman–Crippen MR) is 221 cm³/mol. The molecule has 2 fully saturated rings. The fraction of sp³-hybridized carbons (Fsp3) is 0.457. The number of carbonyl (C=O) groups excluding carboxylic acids is 5. The Morgan fingerprint density at radius 2 is 1.26 bits per heavy atom. The van der Waals surface area contributed by atoms with Gasteiger partial charge in [0.1, 0.15) is 18.7 Å². The first-order valence-corrected chi connectivity index (χ1v) is 20.6. The zero-order chi connectivity index (χ0) is 44.6. The van der Waals surface area contributed by atoms with Crippen molar-refractivity contribution in [2.75, 3.05) is 6.61 Å². The van der Waals surface area contributed by atoms with Crippen molar-refractivity contribution in [3.8, 4) is 0 Å². The van der Waals surface area contributed by atoms with E-state index in [4.69, 9.17) is 18.9 Å². The molecule has 5 rings (SSSR count). The number of esters is 4. The van der Waals surface area contributed by atoms with E-state index in [9.17, 15) is 43.8 Å². The van der Waals surface area contributed by atoms with E-state index in [2.05, 4.69) is 5.32 Å². The maximum Gasteiger partial charge on any atom is 0.349 e. The Morgan fingerprint density at radius 1 is 0.738 bits per heavy atom. The summed E-state index contributed by atoms with van der Waals surface area (Å²) >= 11 is 0. The molecule has 3 N–H and O–H groups in total. The molecule has 61 heavy (non-hydrogen) atoms. The molecule has 3 aromatic rings. The highest BCUT2D eigenvalue weighted by atomic mass is 16.6. The summed E-state index contributed by atoms with van der Waals surface area (Å²) in [5.74, 6) is -6.12. The fourth-order valence-electron chi connectivity index (χ4n) is 7.44. The minimum Gasteiger partial charge on any atom is -0.478 e. The third-order valence-corrected chi connectivity index (χ3v) is 10.6. The Bertz CT molecular complexity index is 1890. The van der Waals surface area contributed by atoms with E-state index in [-0.39, 0.29) is 41.6 Å². The molecule has 1 saturated heterocycles. The third kappa shape index (κ3) is 13.5. The predicted octanol–water partition coefficient (Wildman–Crippen LogP) is 5.82. The van der Waals surface area contributed by atoms with Gasteiger partial charge in [-0.3, -0.25) is 14.9 Å². The first-order chi connectivity index (χ1) is 29.1. The van der Waals surface area contributed by atoms with Crippen molar-refractivity contribution >= 4 is 41.7 Å². The molecule has 15 nitrogen and oxygen atoms in total. The molecule has 3 aromatic carbocycles. The Hall–Kier alpha value is -6.09. The second-order valence-corrected chi connectivity index (χ2v) is 15.2. The van der Waals surface area contributed by atoms with Crippen molar-refractivity contribution in [3.63, 3.8) is 0 Å². The summed E-state index contributed by atoms with van der Waals surface area (Å²) in [5, 5.41) is 21.8. The van der Waals surface area contributed by atoms with Crippen LogP contribution in [0.3, 0.4) is 0 Å². The van der Waals surface area contributed by atoms with Crippen LogP contribution in [0.2, 0.25) is 0 Å². The van der Waals surface area contributed by atoms with Crippen LogP contribution in [-0.4, -0.2) is 99.8 Å². The maximum absolute atomic E-state index is 13.6. The van der Waals surface area contributed by atoms with E-state index < -0.39 is 54.2 Å². The van der Waals surface area contributed by atoms with Gasteiger partial charge in [-0.2, -0.15) is 0 Å². The molecular formula is C46H56N2O13. The summed E-state index contributed by atoms with van der Waals surface area (Å²) in [6.45, 7) is 9.62. The zero-order valence-corrected chi connectivity index (χ0v) is 35.2. The minimum atomic E-state index is -2.22. The van der Waals surface area contributed by atoms with Crippen molar-refractivity contribution in [1.82, 2.24) is 10.2 Å². The number of nitrogens with zero attached hydrogens (tertiary/aromatic N) is 1. The molecule has 0 aromatic heterocycles. The molecule has 1 heterocycles. The molecule has 7 atom stereocenters. The number of amides is 1. The number of hydrogen-bond acceptors (Lipinski definition) is 12. The largest absolute Gasteiger partial charge is 0.478 e. The van der Waals surface area contributed by atoms with Crippen LogP contribution < -0.4 is 5.32 Å². The van der Waals surface area contributed by atoms with Gasteiger partial charge >= 0.3 is 35.8 Å². The van der Waals surface area contributed by atoms with Gasteiger partial charge in [-0.25, -0.2) is 24.0 Å². The summed E-state index contributed by atoms with van der Waals surface area (Å²) in [7, 11) is 0. The number of carboxylic acids is 2. The lowest BCUT2D eigenvalue weighted by atomic mass is 9.84. The van der Waals surface area contributed by atoms with Gasteiger partial charge in [-0.1, -0.05) is 91.9 Å². The van der Waals surface area contributed by atoms with Crippen LogP contribution in [0.4, 0.5) is 0 Å². The Kier molecular flexibility index (Phi) is 18.0. The summed E-state index contributed by atoms with van der Waals surface area (Å²) in [5.41, 5.74) is 2.71. The number of rotatable bonds is 17. The molecule has 0 spiro atoms. The Balaban J connectivity index is 0.000000272. The highest BCUT2D eigenvalue weighted by molar-refractivity contribution is 5.95. The number of fused-ring (bicyclic) bond motifs is 1. The molecular weight excluding hydrogens is 789 g/mol. The van der Waals surface area contributed by atoms with E-state index in [1.807, 2.05) is 37.3 Å². The van der Waals surface area contributed by atoms with Crippen LogP contribution >= 0.6 is 0 Å². The Labute approximate surface area is 355 Å².